The van der Waals surface area contributed by atoms with Gasteiger partial charge >= 0.3 is 5.97 Å². The minimum absolute atomic E-state index is 0. The number of aliphatic carboxylic acids is 1. The maximum Gasteiger partial charge on any atom is 0.331 e. The third kappa shape index (κ3) is 8.35. The van der Waals surface area contributed by atoms with Crippen molar-refractivity contribution in [3.05, 3.63) is 80.4 Å². The average molecular weight is 564 g/mol. The molecule has 0 saturated heterocycles. The Labute approximate surface area is 268 Å². The van der Waals surface area contributed by atoms with Crippen molar-refractivity contribution < 1.29 is 32.6 Å². The van der Waals surface area contributed by atoms with E-state index in [0.29, 0.717) is 18.6 Å². The fraction of sp³-hybridized carbons (Fsp3) is 0.296. The molecule has 1 aromatic heterocycles. The summed E-state index contributed by atoms with van der Waals surface area (Å²) >= 11 is 0.930. The van der Waals surface area contributed by atoms with Crippen LogP contribution in [0.15, 0.2) is 41.3 Å². The summed E-state index contributed by atoms with van der Waals surface area (Å²) < 4.78 is 50.2. The number of halogens is 3. The van der Waals surface area contributed by atoms with Gasteiger partial charge in [0.1, 0.15) is 17.5 Å². The zero-order chi connectivity index (χ0) is 26.4. The first-order valence-corrected chi connectivity index (χ1v) is 12.4. The van der Waals surface area contributed by atoms with Crippen molar-refractivity contribution in [1.82, 2.24) is 4.98 Å². The van der Waals surface area contributed by atoms with Crippen molar-refractivity contribution >= 4 is 88.3 Å². The molecule has 1 atom stereocenters. The van der Waals surface area contributed by atoms with Gasteiger partial charge in [-0.2, -0.15) is 0 Å². The van der Waals surface area contributed by atoms with E-state index in [-0.39, 0.29) is 86.5 Å². The minimum Gasteiger partial charge on any atom is -0.478 e. The molecule has 11 heteroatoms. The molecule has 0 spiro atoms. The second kappa shape index (κ2) is 16.1. The Morgan fingerprint density at radius 3 is 2.37 bits per heavy atom. The standard InChI is InChI=1S/C27H26F3NO4S.2Na/c1-4-6-10-35-23(5-2)18-9-7-8-17(24(18)30)22-14-36-26(31-22)25(32)16-12-20(28)19(21(29)13-16)11-15(3)27(33)34;;/h7-9,11-14,23H,4-6,10H2,1-3H3,(H,33,34);;. The van der Waals surface area contributed by atoms with Crippen LogP contribution in [0.1, 0.15) is 72.6 Å². The average Bonchev–Trinajstić information content (AvgIpc) is 3.34. The Hall–Kier alpha value is -1.30. The number of carboxylic acids is 1. The number of benzene rings is 2. The van der Waals surface area contributed by atoms with Gasteiger partial charge in [0.05, 0.1) is 11.8 Å². The number of carbonyl (C=O) groups is 2. The van der Waals surface area contributed by atoms with Gasteiger partial charge < -0.3 is 9.84 Å². The molecule has 1 N–H and O–H groups in total. The molecule has 0 saturated carbocycles. The third-order valence-corrected chi connectivity index (χ3v) is 6.42. The van der Waals surface area contributed by atoms with Gasteiger partial charge in [0, 0.05) is 98.9 Å². The molecule has 5 nitrogen and oxygen atoms in total. The second-order valence-corrected chi connectivity index (χ2v) is 9.04. The van der Waals surface area contributed by atoms with Gasteiger partial charge in [0.2, 0.25) is 5.78 Å². The van der Waals surface area contributed by atoms with Crippen LogP contribution in [0.4, 0.5) is 13.2 Å². The van der Waals surface area contributed by atoms with Crippen LogP contribution < -0.4 is 0 Å². The number of ketones is 1. The van der Waals surface area contributed by atoms with E-state index in [1.165, 1.54) is 12.3 Å². The normalized spacial score (nSPS) is 11.9. The number of carbonyl (C=O) groups excluding carboxylic acids is 1. The van der Waals surface area contributed by atoms with Gasteiger partial charge in [-0.1, -0.05) is 32.4 Å². The Morgan fingerprint density at radius 2 is 1.79 bits per heavy atom. The number of thiazole rings is 1. The Bertz CT molecular complexity index is 1290. The number of rotatable bonds is 11. The molecule has 0 aliphatic carbocycles. The van der Waals surface area contributed by atoms with Crippen LogP contribution in [0.25, 0.3) is 17.3 Å². The van der Waals surface area contributed by atoms with Gasteiger partial charge in [-0.3, -0.25) is 4.79 Å². The fourth-order valence-corrected chi connectivity index (χ4v) is 4.33. The molecule has 192 valence electrons. The topological polar surface area (TPSA) is 76.5 Å². The Balaban J connectivity index is 0.00000361. The molecule has 38 heavy (non-hydrogen) atoms. The summed E-state index contributed by atoms with van der Waals surface area (Å²) in [6.07, 6.45) is 2.85. The molecule has 0 bridgehead atoms. The maximum atomic E-state index is 15.4. The minimum atomic E-state index is -1.32. The van der Waals surface area contributed by atoms with Gasteiger partial charge in [0.25, 0.3) is 0 Å². The maximum absolute atomic E-state index is 15.4. The van der Waals surface area contributed by atoms with Gasteiger partial charge in [-0.15, -0.1) is 11.3 Å². The van der Waals surface area contributed by atoms with E-state index in [1.54, 1.807) is 18.2 Å². The predicted molar refractivity (Wildman–Crippen MR) is 144 cm³/mol. The van der Waals surface area contributed by atoms with E-state index in [2.05, 4.69) is 4.98 Å². The summed E-state index contributed by atoms with van der Waals surface area (Å²) in [4.78, 5) is 28.1. The summed E-state index contributed by atoms with van der Waals surface area (Å²) in [5, 5.41) is 10.4. The van der Waals surface area contributed by atoms with Crippen LogP contribution in [0, 0.1) is 17.5 Å². The van der Waals surface area contributed by atoms with Crippen LogP contribution >= 0.6 is 11.3 Å². The number of hydrogen-bond acceptors (Lipinski definition) is 5. The van der Waals surface area contributed by atoms with E-state index in [4.69, 9.17) is 9.84 Å². The number of carboxylic acid groups (broad SMARTS) is 1. The van der Waals surface area contributed by atoms with E-state index < -0.39 is 40.9 Å². The molecule has 0 aliphatic rings. The van der Waals surface area contributed by atoms with Gasteiger partial charge in [-0.05, 0) is 44.0 Å². The predicted octanol–water partition coefficient (Wildman–Crippen LogP) is 6.45. The van der Waals surface area contributed by atoms with Crippen molar-refractivity contribution in [3.8, 4) is 11.3 Å². The molecule has 3 rings (SSSR count). The molecule has 0 amide bonds. The van der Waals surface area contributed by atoms with Crippen molar-refractivity contribution in [1.29, 1.82) is 0 Å². The zero-order valence-corrected chi connectivity index (χ0v) is 26.9. The number of aromatic nitrogens is 1. The molecule has 2 radical (unpaired) electrons. The van der Waals surface area contributed by atoms with Crippen molar-refractivity contribution in [3.63, 3.8) is 0 Å². The molecule has 1 unspecified atom stereocenters. The van der Waals surface area contributed by atoms with Crippen LogP contribution in [-0.2, 0) is 9.53 Å². The van der Waals surface area contributed by atoms with Gasteiger partial charge in [-0.25, -0.2) is 22.9 Å². The van der Waals surface area contributed by atoms with Crippen LogP contribution in [0.3, 0.4) is 0 Å². The summed E-state index contributed by atoms with van der Waals surface area (Å²) in [5.74, 6) is -4.71. The first kappa shape index (κ1) is 34.7. The summed E-state index contributed by atoms with van der Waals surface area (Å²) in [7, 11) is 0. The number of unbranched alkanes of at least 4 members (excludes halogenated alkanes) is 1. The summed E-state index contributed by atoms with van der Waals surface area (Å²) in [6, 6.07) is 6.55. The largest absolute Gasteiger partial charge is 0.478 e. The van der Waals surface area contributed by atoms with E-state index in [9.17, 15) is 18.4 Å². The molecule has 1 heterocycles. The first-order chi connectivity index (χ1) is 17.2. The van der Waals surface area contributed by atoms with E-state index in [1.807, 2.05) is 13.8 Å². The van der Waals surface area contributed by atoms with Crippen molar-refractivity contribution in [2.24, 2.45) is 0 Å². The molecule has 0 aliphatic heterocycles. The summed E-state index contributed by atoms with van der Waals surface area (Å²) in [5.41, 5.74) is -0.290. The number of ether oxygens (including phenoxy) is 1. The molecule has 3 aromatic rings. The Morgan fingerprint density at radius 1 is 1.13 bits per heavy atom. The third-order valence-electron chi connectivity index (χ3n) is 5.58. The quantitative estimate of drug-likeness (QED) is 0.126. The molecule has 2 aromatic carbocycles. The molecular formula is C27H26F3NNa2O4S. The van der Waals surface area contributed by atoms with E-state index in [0.717, 1.165) is 42.4 Å². The van der Waals surface area contributed by atoms with Crippen LogP contribution in [0.5, 0.6) is 0 Å². The van der Waals surface area contributed by atoms with Gasteiger partial charge in [0.15, 0.2) is 5.01 Å². The summed E-state index contributed by atoms with van der Waals surface area (Å²) in [6.45, 7) is 5.67. The number of hydrogen-bond donors (Lipinski definition) is 1. The number of nitrogens with zero attached hydrogens (tertiary/aromatic N) is 1. The van der Waals surface area contributed by atoms with Crippen LogP contribution in [0.2, 0.25) is 0 Å². The molecular weight excluding hydrogens is 537 g/mol. The van der Waals surface area contributed by atoms with Crippen molar-refractivity contribution in [2.75, 3.05) is 6.61 Å². The first-order valence-electron chi connectivity index (χ1n) is 11.5. The van der Waals surface area contributed by atoms with Crippen molar-refractivity contribution in [2.45, 2.75) is 46.1 Å². The monoisotopic (exact) mass is 563 g/mol. The Kier molecular flexibility index (Phi) is 14.7. The second-order valence-electron chi connectivity index (χ2n) is 8.18. The zero-order valence-electron chi connectivity index (χ0n) is 22.1. The molecule has 0 fully saturated rings. The SMILES string of the molecule is CCCCOC(CC)c1cccc(-c2csc(C(=O)c3cc(F)c(C=C(C)C(=O)O)c(F)c3)n2)c1F.[Na].[Na]. The van der Waals surface area contributed by atoms with Crippen LogP contribution in [-0.4, -0.2) is 87.6 Å². The fourth-order valence-electron chi connectivity index (χ4n) is 3.55. The smallest absolute Gasteiger partial charge is 0.331 e. The van der Waals surface area contributed by atoms with E-state index >= 15 is 4.39 Å².